The average molecular weight is 267 g/mol. The van der Waals surface area contributed by atoms with Gasteiger partial charge in [-0.25, -0.2) is 8.78 Å². The fourth-order valence-corrected chi connectivity index (χ4v) is 2.73. The van der Waals surface area contributed by atoms with E-state index in [-0.39, 0.29) is 17.9 Å². The Hall–Kier alpha value is -0.960. The second-order valence-electron chi connectivity index (χ2n) is 6.06. The zero-order valence-corrected chi connectivity index (χ0v) is 11.8. The molecule has 1 aromatic rings. The lowest BCUT2D eigenvalue weighted by molar-refractivity contribution is -0.0268. The minimum atomic E-state index is -2.70. The topological polar surface area (TPSA) is 12.0 Å². The second-order valence-corrected chi connectivity index (χ2v) is 6.06. The van der Waals surface area contributed by atoms with Gasteiger partial charge in [0.1, 0.15) is 0 Å². The standard InChI is InChI=1S/C16H23F2N/c1-12(2)9-13-3-5-15(6-4-13)16(17,18)10-14-7-8-19-11-14/h3-6,12,14,19H,7-11H2,1-2H3. The van der Waals surface area contributed by atoms with Crippen molar-refractivity contribution in [2.24, 2.45) is 11.8 Å². The summed E-state index contributed by atoms with van der Waals surface area (Å²) in [6, 6.07) is 6.88. The maximum Gasteiger partial charge on any atom is 0.273 e. The van der Waals surface area contributed by atoms with Gasteiger partial charge in [-0.15, -0.1) is 0 Å². The summed E-state index contributed by atoms with van der Waals surface area (Å²) in [5.74, 6) is -2.05. The summed E-state index contributed by atoms with van der Waals surface area (Å²) in [7, 11) is 0. The number of hydrogen-bond donors (Lipinski definition) is 1. The first-order valence-corrected chi connectivity index (χ1v) is 7.15. The summed E-state index contributed by atoms with van der Waals surface area (Å²) in [5, 5.41) is 3.14. The van der Waals surface area contributed by atoms with Crippen LogP contribution in [0.15, 0.2) is 24.3 Å². The summed E-state index contributed by atoms with van der Waals surface area (Å²) >= 11 is 0. The minimum Gasteiger partial charge on any atom is -0.316 e. The number of hydrogen-bond acceptors (Lipinski definition) is 1. The molecule has 1 atom stereocenters. The Bertz CT molecular complexity index is 392. The van der Waals surface area contributed by atoms with Gasteiger partial charge < -0.3 is 5.32 Å². The van der Waals surface area contributed by atoms with Crippen molar-refractivity contribution in [2.75, 3.05) is 13.1 Å². The predicted octanol–water partition coefficient (Wildman–Crippen LogP) is 3.98. The molecule has 0 saturated carbocycles. The Morgan fingerprint density at radius 3 is 2.47 bits per heavy atom. The lowest BCUT2D eigenvalue weighted by Gasteiger charge is -2.20. The maximum absolute atomic E-state index is 14.2. The van der Waals surface area contributed by atoms with Crippen LogP contribution in [0.5, 0.6) is 0 Å². The van der Waals surface area contributed by atoms with Gasteiger partial charge in [-0.3, -0.25) is 0 Å². The van der Waals surface area contributed by atoms with Crippen LogP contribution < -0.4 is 5.32 Å². The molecule has 0 spiro atoms. The van der Waals surface area contributed by atoms with Gasteiger partial charge in [-0.05, 0) is 43.3 Å². The van der Waals surface area contributed by atoms with Crippen molar-refractivity contribution in [1.82, 2.24) is 5.32 Å². The van der Waals surface area contributed by atoms with Gasteiger partial charge in [0.25, 0.3) is 5.92 Å². The van der Waals surface area contributed by atoms with Crippen LogP contribution in [0.1, 0.15) is 37.8 Å². The molecule has 2 rings (SSSR count). The highest BCUT2D eigenvalue weighted by Gasteiger charge is 2.35. The van der Waals surface area contributed by atoms with Crippen LogP contribution in [0.3, 0.4) is 0 Å². The van der Waals surface area contributed by atoms with Crippen LogP contribution in [-0.4, -0.2) is 13.1 Å². The lowest BCUT2D eigenvalue weighted by Crippen LogP contribution is -2.20. The first-order chi connectivity index (χ1) is 8.97. The number of rotatable bonds is 5. The molecule has 106 valence electrons. The predicted molar refractivity (Wildman–Crippen MR) is 74.5 cm³/mol. The normalized spacial score (nSPS) is 20.2. The van der Waals surface area contributed by atoms with Crippen molar-refractivity contribution in [1.29, 1.82) is 0 Å². The molecular formula is C16H23F2N. The summed E-state index contributed by atoms with van der Waals surface area (Å²) in [5.41, 5.74) is 1.30. The molecule has 1 fully saturated rings. The first-order valence-electron chi connectivity index (χ1n) is 7.15. The number of nitrogens with one attached hydrogen (secondary N) is 1. The highest BCUT2D eigenvalue weighted by atomic mass is 19.3. The smallest absolute Gasteiger partial charge is 0.273 e. The lowest BCUT2D eigenvalue weighted by atomic mass is 9.94. The van der Waals surface area contributed by atoms with Crippen LogP contribution in [0.4, 0.5) is 8.78 Å². The van der Waals surface area contributed by atoms with Crippen LogP contribution in [0, 0.1) is 11.8 Å². The van der Waals surface area contributed by atoms with E-state index in [0.29, 0.717) is 5.92 Å². The monoisotopic (exact) mass is 267 g/mol. The molecule has 0 aliphatic carbocycles. The molecule has 1 aliphatic rings. The quantitative estimate of drug-likeness (QED) is 0.851. The van der Waals surface area contributed by atoms with Crippen molar-refractivity contribution in [3.05, 3.63) is 35.4 Å². The van der Waals surface area contributed by atoms with Crippen molar-refractivity contribution >= 4 is 0 Å². The SMILES string of the molecule is CC(C)Cc1ccc(C(F)(F)CC2CCNC2)cc1. The van der Waals surface area contributed by atoms with Crippen LogP contribution in [-0.2, 0) is 12.3 Å². The van der Waals surface area contributed by atoms with Crippen LogP contribution in [0.2, 0.25) is 0 Å². The van der Waals surface area contributed by atoms with Crippen LogP contribution in [0.25, 0.3) is 0 Å². The fourth-order valence-electron chi connectivity index (χ4n) is 2.73. The Labute approximate surface area is 114 Å². The third-order valence-corrected chi connectivity index (χ3v) is 3.73. The molecule has 1 heterocycles. The summed E-state index contributed by atoms with van der Waals surface area (Å²) in [4.78, 5) is 0. The maximum atomic E-state index is 14.2. The molecule has 1 N–H and O–H groups in total. The Kier molecular flexibility index (Phi) is 4.56. The third-order valence-electron chi connectivity index (χ3n) is 3.73. The molecule has 1 unspecified atom stereocenters. The molecule has 1 aliphatic heterocycles. The zero-order chi connectivity index (χ0) is 13.9. The second kappa shape index (κ2) is 6.00. The Morgan fingerprint density at radius 2 is 1.95 bits per heavy atom. The van der Waals surface area contributed by atoms with E-state index in [1.807, 2.05) is 12.1 Å². The van der Waals surface area contributed by atoms with Gasteiger partial charge in [0.15, 0.2) is 0 Å². The molecular weight excluding hydrogens is 244 g/mol. The van der Waals surface area contributed by atoms with E-state index in [4.69, 9.17) is 0 Å². The van der Waals surface area contributed by atoms with E-state index in [9.17, 15) is 8.78 Å². The average Bonchev–Trinajstić information content (AvgIpc) is 2.81. The number of alkyl halides is 2. The van der Waals surface area contributed by atoms with Gasteiger partial charge in [-0.2, -0.15) is 0 Å². The molecule has 19 heavy (non-hydrogen) atoms. The minimum absolute atomic E-state index is 0.0382. The molecule has 0 bridgehead atoms. The van der Waals surface area contributed by atoms with Gasteiger partial charge in [0.2, 0.25) is 0 Å². The van der Waals surface area contributed by atoms with Crippen molar-refractivity contribution in [2.45, 2.75) is 39.0 Å². The van der Waals surface area contributed by atoms with Gasteiger partial charge in [0, 0.05) is 12.0 Å². The molecule has 1 aromatic carbocycles. The van der Waals surface area contributed by atoms with E-state index < -0.39 is 5.92 Å². The van der Waals surface area contributed by atoms with Crippen LogP contribution >= 0.6 is 0 Å². The van der Waals surface area contributed by atoms with Crippen molar-refractivity contribution in [3.63, 3.8) is 0 Å². The van der Waals surface area contributed by atoms with Gasteiger partial charge in [0.05, 0.1) is 0 Å². The summed E-state index contributed by atoms with van der Waals surface area (Å²) in [6.45, 7) is 5.86. The van der Waals surface area contributed by atoms with E-state index in [0.717, 1.165) is 31.5 Å². The largest absolute Gasteiger partial charge is 0.316 e. The van der Waals surface area contributed by atoms with Gasteiger partial charge >= 0.3 is 0 Å². The van der Waals surface area contributed by atoms with Gasteiger partial charge in [-0.1, -0.05) is 38.1 Å². The highest BCUT2D eigenvalue weighted by molar-refractivity contribution is 5.26. The molecule has 0 aromatic heterocycles. The number of benzene rings is 1. The molecule has 1 saturated heterocycles. The first kappa shape index (κ1) is 14.4. The Morgan fingerprint density at radius 1 is 1.26 bits per heavy atom. The molecule has 3 heteroatoms. The highest BCUT2D eigenvalue weighted by Crippen LogP contribution is 2.36. The third kappa shape index (κ3) is 4.00. The van der Waals surface area contributed by atoms with E-state index in [1.54, 1.807) is 12.1 Å². The molecule has 1 nitrogen and oxygen atoms in total. The van der Waals surface area contributed by atoms with Crippen molar-refractivity contribution in [3.8, 4) is 0 Å². The van der Waals surface area contributed by atoms with E-state index in [2.05, 4.69) is 19.2 Å². The zero-order valence-electron chi connectivity index (χ0n) is 11.8. The Balaban J connectivity index is 2.02. The fraction of sp³-hybridized carbons (Fsp3) is 0.625. The van der Waals surface area contributed by atoms with E-state index >= 15 is 0 Å². The number of halogens is 2. The van der Waals surface area contributed by atoms with Crippen molar-refractivity contribution < 1.29 is 8.78 Å². The van der Waals surface area contributed by atoms with E-state index in [1.165, 1.54) is 0 Å². The molecule has 0 radical (unpaired) electrons. The molecule has 0 amide bonds. The summed E-state index contributed by atoms with van der Waals surface area (Å²) < 4.78 is 28.3. The summed E-state index contributed by atoms with van der Waals surface area (Å²) in [6.07, 6.45) is 1.77.